The van der Waals surface area contributed by atoms with Crippen LogP contribution in [0.2, 0.25) is 0 Å². The van der Waals surface area contributed by atoms with Crippen LogP contribution in [0.25, 0.3) is 0 Å². The zero-order valence-corrected chi connectivity index (χ0v) is 17.6. The third-order valence-corrected chi connectivity index (χ3v) is 6.58. The van der Waals surface area contributed by atoms with Gasteiger partial charge in [0, 0.05) is 50.2 Å². The number of carbonyl (C=O) groups excluding carboxylic acids is 2. The van der Waals surface area contributed by atoms with Gasteiger partial charge in [-0.3, -0.25) is 9.59 Å². The molecule has 2 saturated heterocycles. The number of likely N-dealkylation sites (tertiary alicyclic amines) is 2. The SMILES string of the molecule is Cc1ccc(C(=O)N2C[C@@H](CO)[C@H](C3CCN(C(=O)C(C)C)CC3)C2)c(C)c1. The number of carbonyl (C=O) groups is 2. The van der Waals surface area contributed by atoms with Gasteiger partial charge in [0.15, 0.2) is 0 Å². The molecular formula is C23H34N2O3. The fraction of sp³-hybridized carbons (Fsp3) is 0.652. The van der Waals surface area contributed by atoms with Crippen molar-refractivity contribution < 1.29 is 14.7 Å². The molecule has 1 N–H and O–H groups in total. The molecule has 154 valence electrons. The van der Waals surface area contributed by atoms with E-state index in [-0.39, 0.29) is 30.3 Å². The van der Waals surface area contributed by atoms with E-state index in [4.69, 9.17) is 0 Å². The van der Waals surface area contributed by atoms with Gasteiger partial charge in [-0.2, -0.15) is 0 Å². The first kappa shape index (κ1) is 20.8. The second kappa shape index (κ2) is 8.64. The Bertz CT molecular complexity index is 723. The highest BCUT2D eigenvalue weighted by Gasteiger charge is 2.41. The molecule has 0 bridgehead atoms. The molecule has 5 nitrogen and oxygen atoms in total. The standard InChI is InChI=1S/C23H34N2O3/c1-15(2)22(27)24-9-7-18(8-10-24)21-13-25(12-19(21)14-26)23(28)20-6-5-16(3)11-17(20)4/h5-6,11,15,18-19,21,26H,7-10,12-14H2,1-4H3/t19-,21-/m0/s1. The highest BCUT2D eigenvalue weighted by molar-refractivity contribution is 5.96. The van der Waals surface area contributed by atoms with Gasteiger partial charge < -0.3 is 14.9 Å². The fourth-order valence-electron chi connectivity index (χ4n) is 4.93. The van der Waals surface area contributed by atoms with Crippen molar-refractivity contribution in [1.82, 2.24) is 9.80 Å². The lowest BCUT2D eigenvalue weighted by Gasteiger charge is -2.37. The number of piperidine rings is 1. The van der Waals surface area contributed by atoms with Gasteiger partial charge in [0.25, 0.3) is 5.91 Å². The highest BCUT2D eigenvalue weighted by Crippen LogP contribution is 2.36. The molecule has 0 saturated carbocycles. The predicted molar refractivity (Wildman–Crippen MR) is 110 cm³/mol. The van der Waals surface area contributed by atoms with Crippen LogP contribution >= 0.6 is 0 Å². The summed E-state index contributed by atoms with van der Waals surface area (Å²) in [5.41, 5.74) is 2.93. The number of rotatable bonds is 4. The molecule has 1 aromatic carbocycles. The van der Waals surface area contributed by atoms with Crippen molar-refractivity contribution in [2.24, 2.45) is 23.7 Å². The van der Waals surface area contributed by atoms with Crippen LogP contribution in [0.3, 0.4) is 0 Å². The van der Waals surface area contributed by atoms with E-state index in [1.807, 2.05) is 55.7 Å². The van der Waals surface area contributed by atoms with Crippen molar-refractivity contribution >= 4 is 11.8 Å². The summed E-state index contributed by atoms with van der Waals surface area (Å²) >= 11 is 0. The lowest BCUT2D eigenvalue weighted by molar-refractivity contribution is -0.136. The molecule has 0 unspecified atom stereocenters. The maximum absolute atomic E-state index is 13.1. The Labute approximate surface area is 168 Å². The summed E-state index contributed by atoms with van der Waals surface area (Å²) in [6.45, 7) is 10.9. The van der Waals surface area contributed by atoms with E-state index in [9.17, 15) is 14.7 Å². The summed E-state index contributed by atoms with van der Waals surface area (Å²) in [5, 5.41) is 9.94. The van der Waals surface area contributed by atoms with E-state index in [1.165, 1.54) is 0 Å². The molecule has 0 aliphatic carbocycles. The van der Waals surface area contributed by atoms with Crippen molar-refractivity contribution in [3.05, 3.63) is 34.9 Å². The number of hydrogen-bond donors (Lipinski definition) is 1. The van der Waals surface area contributed by atoms with Crippen molar-refractivity contribution in [3.63, 3.8) is 0 Å². The third kappa shape index (κ3) is 4.24. The second-order valence-corrected chi connectivity index (χ2v) is 8.95. The number of amides is 2. The molecule has 2 fully saturated rings. The fourth-order valence-corrected chi connectivity index (χ4v) is 4.93. The van der Waals surface area contributed by atoms with Crippen molar-refractivity contribution in [1.29, 1.82) is 0 Å². The summed E-state index contributed by atoms with van der Waals surface area (Å²) in [7, 11) is 0. The maximum Gasteiger partial charge on any atom is 0.254 e. The van der Waals surface area contributed by atoms with Gasteiger partial charge in [0.05, 0.1) is 0 Å². The third-order valence-electron chi connectivity index (χ3n) is 6.58. The topological polar surface area (TPSA) is 60.9 Å². The molecule has 0 aromatic heterocycles. The van der Waals surface area contributed by atoms with Crippen LogP contribution in [0.4, 0.5) is 0 Å². The second-order valence-electron chi connectivity index (χ2n) is 8.95. The molecule has 2 aliphatic heterocycles. The van der Waals surface area contributed by atoms with Gasteiger partial charge in [0.2, 0.25) is 5.91 Å². The van der Waals surface area contributed by atoms with Gasteiger partial charge >= 0.3 is 0 Å². The number of benzene rings is 1. The molecule has 0 radical (unpaired) electrons. The van der Waals surface area contributed by atoms with E-state index < -0.39 is 0 Å². The van der Waals surface area contributed by atoms with Crippen molar-refractivity contribution in [3.8, 4) is 0 Å². The first-order chi connectivity index (χ1) is 13.3. The van der Waals surface area contributed by atoms with Crippen LogP contribution < -0.4 is 0 Å². The lowest BCUT2D eigenvalue weighted by atomic mass is 9.78. The monoisotopic (exact) mass is 386 g/mol. The van der Waals surface area contributed by atoms with Gasteiger partial charge in [-0.1, -0.05) is 31.5 Å². The van der Waals surface area contributed by atoms with Gasteiger partial charge in [-0.05, 0) is 50.2 Å². The van der Waals surface area contributed by atoms with Crippen LogP contribution in [0, 0.1) is 37.5 Å². The Balaban J connectivity index is 1.66. The number of nitrogens with zero attached hydrogens (tertiary/aromatic N) is 2. The summed E-state index contributed by atoms with van der Waals surface area (Å²) < 4.78 is 0. The van der Waals surface area contributed by atoms with Gasteiger partial charge in [0.1, 0.15) is 0 Å². The summed E-state index contributed by atoms with van der Waals surface area (Å²) in [4.78, 5) is 29.2. The van der Waals surface area contributed by atoms with Gasteiger partial charge in [-0.15, -0.1) is 0 Å². The van der Waals surface area contributed by atoms with Crippen LogP contribution in [0.5, 0.6) is 0 Å². The zero-order chi connectivity index (χ0) is 20.4. The van der Waals surface area contributed by atoms with Crippen LogP contribution in [-0.4, -0.2) is 59.5 Å². The number of aliphatic hydroxyl groups is 1. The molecular weight excluding hydrogens is 352 g/mol. The first-order valence-corrected chi connectivity index (χ1v) is 10.6. The largest absolute Gasteiger partial charge is 0.396 e. The molecule has 28 heavy (non-hydrogen) atoms. The Morgan fingerprint density at radius 2 is 1.79 bits per heavy atom. The molecule has 2 atom stereocenters. The minimum Gasteiger partial charge on any atom is -0.396 e. The van der Waals surface area contributed by atoms with E-state index in [2.05, 4.69) is 0 Å². The number of hydrogen-bond acceptors (Lipinski definition) is 3. The Kier molecular flexibility index (Phi) is 6.43. The zero-order valence-electron chi connectivity index (χ0n) is 17.6. The van der Waals surface area contributed by atoms with Crippen molar-refractivity contribution in [2.45, 2.75) is 40.5 Å². The van der Waals surface area contributed by atoms with E-state index in [1.54, 1.807) is 0 Å². The minimum absolute atomic E-state index is 0.0408. The molecule has 5 heteroatoms. The quantitative estimate of drug-likeness (QED) is 0.866. The van der Waals surface area contributed by atoms with E-state index in [0.29, 0.717) is 24.9 Å². The normalized spacial score (nSPS) is 23.5. The van der Waals surface area contributed by atoms with Crippen LogP contribution in [0.1, 0.15) is 48.2 Å². The molecule has 2 amide bonds. The van der Waals surface area contributed by atoms with E-state index in [0.717, 1.165) is 42.6 Å². The molecule has 1 aromatic rings. The van der Waals surface area contributed by atoms with Gasteiger partial charge in [-0.25, -0.2) is 0 Å². The van der Waals surface area contributed by atoms with Crippen LogP contribution in [-0.2, 0) is 4.79 Å². The Morgan fingerprint density at radius 1 is 1.11 bits per heavy atom. The Morgan fingerprint density at radius 3 is 2.36 bits per heavy atom. The van der Waals surface area contributed by atoms with Crippen molar-refractivity contribution in [2.75, 3.05) is 32.8 Å². The van der Waals surface area contributed by atoms with E-state index >= 15 is 0 Å². The van der Waals surface area contributed by atoms with Crippen LogP contribution in [0.15, 0.2) is 18.2 Å². The average molecular weight is 387 g/mol. The molecule has 3 rings (SSSR count). The lowest BCUT2D eigenvalue weighted by Crippen LogP contribution is -2.43. The summed E-state index contributed by atoms with van der Waals surface area (Å²) in [6.07, 6.45) is 1.93. The minimum atomic E-state index is 0.0408. The molecule has 2 heterocycles. The number of aliphatic hydroxyl groups excluding tert-OH is 1. The predicted octanol–water partition coefficient (Wildman–Crippen LogP) is 2.88. The highest BCUT2D eigenvalue weighted by atomic mass is 16.3. The molecule has 0 spiro atoms. The number of aryl methyl sites for hydroxylation is 2. The Hall–Kier alpha value is -1.88. The summed E-state index contributed by atoms with van der Waals surface area (Å²) in [5.74, 6) is 1.26. The average Bonchev–Trinajstić information content (AvgIpc) is 3.11. The smallest absolute Gasteiger partial charge is 0.254 e. The first-order valence-electron chi connectivity index (χ1n) is 10.6. The summed E-state index contributed by atoms with van der Waals surface area (Å²) in [6, 6.07) is 5.95. The maximum atomic E-state index is 13.1. The molecule has 2 aliphatic rings.